The molecule has 0 saturated carbocycles. The van der Waals surface area contributed by atoms with Gasteiger partial charge in [-0.2, -0.15) is 13.2 Å². The number of para-hydroxylation sites is 1. The number of likely N-dealkylation sites (tertiary alicyclic amines) is 1. The van der Waals surface area contributed by atoms with E-state index in [4.69, 9.17) is 4.74 Å². The Balaban J connectivity index is 2.19. The van der Waals surface area contributed by atoms with Gasteiger partial charge in [-0.15, -0.1) is 0 Å². The van der Waals surface area contributed by atoms with Gasteiger partial charge in [0.2, 0.25) is 0 Å². The van der Waals surface area contributed by atoms with Gasteiger partial charge < -0.3 is 9.84 Å². The average molecular weight is 341 g/mol. The number of carboxylic acid groups (broad SMARTS) is 1. The van der Waals surface area contributed by atoms with E-state index in [1.165, 1.54) is 12.1 Å². The number of aliphatic carboxylic acids is 1. The zero-order valence-electron chi connectivity index (χ0n) is 13.1. The van der Waals surface area contributed by atoms with Crippen molar-refractivity contribution >= 4 is 12.0 Å². The van der Waals surface area contributed by atoms with Gasteiger partial charge in [0.05, 0.1) is 0 Å². The number of hydrogen-bond acceptors (Lipinski definition) is 3. The molecule has 0 amide bonds. The molecule has 7 heteroatoms. The summed E-state index contributed by atoms with van der Waals surface area (Å²) in [4.78, 5) is 12.8. The molecule has 130 valence electrons. The molecule has 1 saturated heterocycles. The van der Waals surface area contributed by atoms with E-state index in [1.807, 2.05) is 6.92 Å². The van der Waals surface area contributed by atoms with E-state index in [9.17, 15) is 23.1 Å². The van der Waals surface area contributed by atoms with Crippen molar-refractivity contribution in [1.82, 2.24) is 4.90 Å². The van der Waals surface area contributed by atoms with E-state index in [-0.39, 0.29) is 24.8 Å². The Kier molecular flexibility index (Phi) is 4.07. The number of carbonyl (C=O) groups is 1. The molecule has 2 aliphatic rings. The van der Waals surface area contributed by atoms with Crippen LogP contribution in [0.5, 0.6) is 5.75 Å². The largest absolute Gasteiger partial charge is 0.478 e. The van der Waals surface area contributed by atoms with Gasteiger partial charge in [0, 0.05) is 18.7 Å². The van der Waals surface area contributed by atoms with Gasteiger partial charge in [0.25, 0.3) is 5.72 Å². The minimum atomic E-state index is -4.89. The standard InChI is InChI=1S/C17H18F3NO3/c1-11-5-4-8-21(10-11)16(17(18,19)20)13(15(22)23)9-12-6-2-3-7-14(12)24-16/h2-3,6-7,9,11H,4-5,8,10H2,1H3,(H,22,23). The van der Waals surface area contributed by atoms with E-state index in [0.29, 0.717) is 12.0 Å². The number of rotatable bonds is 2. The number of ether oxygens (including phenoxy) is 1. The lowest BCUT2D eigenvalue weighted by atomic mass is 9.90. The lowest BCUT2D eigenvalue weighted by molar-refractivity contribution is -0.290. The summed E-state index contributed by atoms with van der Waals surface area (Å²) in [5, 5.41) is 9.48. The molecule has 1 aromatic carbocycles. The lowest BCUT2D eigenvalue weighted by Crippen LogP contribution is -2.67. The van der Waals surface area contributed by atoms with Crippen molar-refractivity contribution in [1.29, 1.82) is 0 Å². The second-order valence-electron chi connectivity index (χ2n) is 6.34. The summed E-state index contributed by atoms with van der Waals surface area (Å²) in [6, 6.07) is 6.16. The Morgan fingerprint density at radius 2 is 2.08 bits per heavy atom. The van der Waals surface area contributed by atoms with E-state index in [0.717, 1.165) is 17.4 Å². The summed E-state index contributed by atoms with van der Waals surface area (Å²) < 4.78 is 47.8. The van der Waals surface area contributed by atoms with Crippen LogP contribution < -0.4 is 4.74 Å². The van der Waals surface area contributed by atoms with E-state index < -0.39 is 23.4 Å². The van der Waals surface area contributed by atoms with Gasteiger partial charge >= 0.3 is 12.1 Å². The summed E-state index contributed by atoms with van der Waals surface area (Å²) in [5.74, 6) is -1.55. The summed E-state index contributed by atoms with van der Waals surface area (Å²) in [7, 11) is 0. The van der Waals surface area contributed by atoms with Crippen LogP contribution in [-0.2, 0) is 4.79 Å². The summed E-state index contributed by atoms with van der Waals surface area (Å²) in [6.07, 6.45) is -2.43. The molecule has 0 spiro atoms. The van der Waals surface area contributed by atoms with Crippen LogP contribution in [0.15, 0.2) is 29.8 Å². The van der Waals surface area contributed by atoms with E-state index >= 15 is 0 Å². The van der Waals surface area contributed by atoms with Gasteiger partial charge in [-0.1, -0.05) is 25.1 Å². The monoisotopic (exact) mass is 341 g/mol. The number of hydrogen-bond donors (Lipinski definition) is 1. The van der Waals surface area contributed by atoms with Crippen LogP contribution in [0.3, 0.4) is 0 Å². The van der Waals surface area contributed by atoms with Crippen molar-refractivity contribution < 1.29 is 27.8 Å². The van der Waals surface area contributed by atoms with Crippen molar-refractivity contribution in [2.75, 3.05) is 13.1 Å². The fourth-order valence-electron chi connectivity index (χ4n) is 3.47. The molecule has 0 bridgehead atoms. The predicted octanol–water partition coefficient (Wildman–Crippen LogP) is 3.54. The highest BCUT2D eigenvalue weighted by Crippen LogP contribution is 2.48. The van der Waals surface area contributed by atoms with Crippen LogP contribution in [-0.4, -0.2) is 41.0 Å². The smallest absolute Gasteiger partial charge is 0.448 e. The topological polar surface area (TPSA) is 49.8 Å². The van der Waals surface area contributed by atoms with Crippen molar-refractivity contribution in [2.24, 2.45) is 5.92 Å². The van der Waals surface area contributed by atoms with E-state index in [2.05, 4.69) is 0 Å². The van der Waals surface area contributed by atoms with E-state index in [1.54, 1.807) is 12.1 Å². The van der Waals surface area contributed by atoms with Gasteiger partial charge in [-0.05, 0) is 30.9 Å². The van der Waals surface area contributed by atoms with Gasteiger partial charge in [0.1, 0.15) is 11.3 Å². The molecule has 0 aliphatic carbocycles. The van der Waals surface area contributed by atoms with Crippen LogP contribution in [0.1, 0.15) is 25.3 Å². The number of carboxylic acids is 1. The normalized spacial score (nSPS) is 27.8. The molecule has 1 aromatic rings. The first-order valence-corrected chi connectivity index (χ1v) is 7.81. The third-order valence-electron chi connectivity index (χ3n) is 4.56. The fraction of sp³-hybridized carbons (Fsp3) is 0.471. The molecule has 1 N–H and O–H groups in total. The predicted molar refractivity (Wildman–Crippen MR) is 81.4 cm³/mol. The molecule has 2 aliphatic heterocycles. The third kappa shape index (κ3) is 2.56. The highest BCUT2D eigenvalue weighted by Gasteiger charge is 2.67. The Labute approximate surface area is 137 Å². The lowest BCUT2D eigenvalue weighted by Gasteiger charge is -2.48. The second kappa shape index (κ2) is 5.81. The Morgan fingerprint density at radius 3 is 2.71 bits per heavy atom. The number of alkyl halides is 3. The summed E-state index contributed by atoms with van der Waals surface area (Å²) in [5.41, 5.74) is -3.41. The van der Waals surface area contributed by atoms with Crippen LogP contribution in [0, 0.1) is 5.92 Å². The first-order valence-electron chi connectivity index (χ1n) is 7.81. The second-order valence-corrected chi connectivity index (χ2v) is 6.34. The highest BCUT2D eigenvalue weighted by molar-refractivity contribution is 5.96. The van der Waals surface area contributed by atoms with Crippen molar-refractivity contribution in [3.05, 3.63) is 35.4 Å². The minimum Gasteiger partial charge on any atom is -0.478 e. The molecule has 2 heterocycles. The SMILES string of the molecule is CC1CCCN(C2(C(F)(F)F)Oc3ccccc3C=C2C(=O)O)C1. The minimum absolute atomic E-state index is 0.0359. The molecule has 0 radical (unpaired) electrons. The number of fused-ring (bicyclic) bond motifs is 1. The Hall–Kier alpha value is -2.02. The first-order chi connectivity index (χ1) is 11.3. The van der Waals surface area contributed by atoms with Crippen LogP contribution >= 0.6 is 0 Å². The molecule has 3 rings (SSSR count). The third-order valence-corrected chi connectivity index (χ3v) is 4.56. The van der Waals surface area contributed by atoms with Crippen molar-refractivity contribution in [3.8, 4) is 5.75 Å². The number of nitrogens with zero attached hydrogens (tertiary/aromatic N) is 1. The molecule has 4 nitrogen and oxygen atoms in total. The molecule has 2 unspecified atom stereocenters. The number of benzene rings is 1. The number of halogens is 3. The maximum atomic E-state index is 14.1. The zero-order valence-corrected chi connectivity index (χ0v) is 13.1. The molecular weight excluding hydrogens is 323 g/mol. The zero-order chi connectivity index (χ0) is 17.5. The van der Waals surface area contributed by atoms with Crippen LogP contribution in [0.2, 0.25) is 0 Å². The van der Waals surface area contributed by atoms with Gasteiger partial charge in [-0.3, -0.25) is 4.90 Å². The molecule has 24 heavy (non-hydrogen) atoms. The van der Waals surface area contributed by atoms with Gasteiger partial charge in [-0.25, -0.2) is 4.79 Å². The Bertz CT molecular complexity index is 686. The van der Waals surface area contributed by atoms with Crippen molar-refractivity contribution in [3.63, 3.8) is 0 Å². The summed E-state index contributed by atoms with van der Waals surface area (Å²) >= 11 is 0. The van der Waals surface area contributed by atoms with Gasteiger partial charge in [0.15, 0.2) is 0 Å². The van der Waals surface area contributed by atoms with Crippen LogP contribution in [0.4, 0.5) is 13.2 Å². The first kappa shape index (κ1) is 16.8. The maximum Gasteiger partial charge on any atom is 0.448 e. The number of piperidine rings is 1. The Morgan fingerprint density at radius 1 is 1.38 bits per heavy atom. The average Bonchev–Trinajstić information content (AvgIpc) is 2.52. The van der Waals surface area contributed by atoms with Crippen molar-refractivity contribution in [2.45, 2.75) is 31.7 Å². The molecule has 0 aromatic heterocycles. The fourth-order valence-corrected chi connectivity index (χ4v) is 3.47. The maximum absolute atomic E-state index is 14.1. The quantitative estimate of drug-likeness (QED) is 0.894. The molecular formula is C17H18F3NO3. The summed E-state index contributed by atoms with van der Waals surface area (Å²) in [6.45, 7) is 2.13. The highest BCUT2D eigenvalue weighted by atomic mass is 19.4. The van der Waals surface area contributed by atoms with Crippen LogP contribution in [0.25, 0.3) is 6.08 Å². The molecule has 2 atom stereocenters. The molecule has 1 fully saturated rings.